The average Bonchev–Trinajstić information content (AvgIpc) is 3.18. The number of carbonyl (C=O) groups excluding carboxylic acids is 1. The molecule has 15 heteroatoms. The van der Waals surface area contributed by atoms with E-state index < -0.39 is 76.1 Å². The van der Waals surface area contributed by atoms with Gasteiger partial charge in [-0.25, -0.2) is 13.4 Å². The number of ether oxygens (including phenoxy) is 2. The minimum Gasteiger partial charge on any atom is -0.429 e. The van der Waals surface area contributed by atoms with Crippen molar-refractivity contribution in [1.29, 1.82) is 4.78 Å². The van der Waals surface area contributed by atoms with Crippen LogP contribution in [0.3, 0.4) is 0 Å². The highest BCUT2D eigenvalue weighted by molar-refractivity contribution is 7.91. The molecule has 0 aromatic heterocycles. The Balaban J connectivity index is 2.09. The van der Waals surface area contributed by atoms with E-state index in [9.17, 15) is 39.7 Å². The van der Waals surface area contributed by atoms with Crippen LogP contribution in [0.15, 0.2) is 41.3 Å². The van der Waals surface area contributed by atoms with Crippen LogP contribution in [0.25, 0.3) is 0 Å². The SMILES string of the molecule is CO[C@@]1(C(F)(F)F)C[C@H](C(=O)Nc2cccc(S(C)(=N)=O)c2)N(c2ccc(F)c(F)c2OC(F)F)C1. The number of hydrogen-bond acceptors (Lipinski definition) is 6. The van der Waals surface area contributed by atoms with Gasteiger partial charge in [-0.2, -0.15) is 26.3 Å². The summed E-state index contributed by atoms with van der Waals surface area (Å²) in [6, 6.07) is 4.64. The summed E-state index contributed by atoms with van der Waals surface area (Å²) in [5.41, 5.74) is -3.72. The smallest absolute Gasteiger partial charge is 0.419 e. The molecular formula is C21H20F7N3O4S. The van der Waals surface area contributed by atoms with E-state index >= 15 is 0 Å². The van der Waals surface area contributed by atoms with Gasteiger partial charge in [0, 0.05) is 30.4 Å². The van der Waals surface area contributed by atoms with E-state index in [1.54, 1.807) is 0 Å². The molecule has 7 nitrogen and oxygen atoms in total. The van der Waals surface area contributed by atoms with E-state index in [2.05, 4.69) is 10.1 Å². The summed E-state index contributed by atoms with van der Waals surface area (Å²) in [5.74, 6) is -5.94. The molecule has 0 aliphatic carbocycles. The van der Waals surface area contributed by atoms with Gasteiger partial charge in [0.05, 0.1) is 22.0 Å². The van der Waals surface area contributed by atoms with Gasteiger partial charge in [-0.3, -0.25) is 4.79 Å². The number of anilines is 2. The van der Waals surface area contributed by atoms with Crippen molar-refractivity contribution in [3.8, 4) is 5.75 Å². The van der Waals surface area contributed by atoms with Gasteiger partial charge in [0.1, 0.15) is 6.04 Å². The van der Waals surface area contributed by atoms with E-state index in [4.69, 9.17) is 9.52 Å². The van der Waals surface area contributed by atoms with E-state index in [0.29, 0.717) is 17.0 Å². The number of nitrogens with zero attached hydrogens (tertiary/aromatic N) is 1. The van der Waals surface area contributed by atoms with Crippen LogP contribution in [0.5, 0.6) is 5.75 Å². The lowest BCUT2D eigenvalue weighted by atomic mass is 9.99. The van der Waals surface area contributed by atoms with Crippen LogP contribution >= 0.6 is 0 Å². The predicted molar refractivity (Wildman–Crippen MR) is 115 cm³/mol. The van der Waals surface area contributed by atoms with Gasteiger partial charge in [-0.15, -0.1) is 0 Å². The minimum atomic E-state index is -5.05. The van der Waals surface area contributed by atoms with Gasteiger partial charge in [-0.05, 0) is 30.3 Å². The average molecular weight is 543 g/mol. The highest BCUT2D eigenvalue weighted by Crippen LogP contribution is 2.47. The molecule has 1 saturated heterocycles. The van der Waals surface area contributed by atoms with Gasteiger partial charge >= 0.3 is 12.8 Å². The molecule has 198 valence electrons. The summed E-state index contributed by atoms with van der Waals surface area (Å²) in [6.07, 6.45) is -4.96. The topological polar surface area (TPSA) is 91.7 Å². The Morgan fingerprint density at radius 3 is 2.47 bits per heavy atom. The van der Waals surface area contributed by atoms with E-state index in [-0.39, 0.29) is 10.6 Å². The van der Waals surface area contributed by atoms with Gasteiger partial charge in [0.15, 0.2) is 17.2 Å². The Labute approximate surface area is 201 Å². The van der Waals surface area contributed by atoms with Crippen LogP contribution in [-0.2, 0) is 19.3 Å². The minimum absolute atomic E-state index is 0.0180. The summed E-state index contributed by atoms with van der Waals surface area (Å²) in [4.78, 5) is 13.8. The molecule has 1 heterocycles. The molecular weight excluding hydrogens is 523 g/mol. The number of alkyl halides is 5. The highest BCUT2D eigenvalue weighted by atomic mass is 32.2. The molecule has 1 aliphatic heterocycles. The molecule has 0 spiro atoms. The molecule has 3 atom stereocenters. The third kappa shape index (κ3) is 5.36. The first-order valence-electron chi connectivity index (χ1n) is 10.1. The zero-order valence-electron chi connectivity index (χ0n) is 18.7. The monoisotopic (exact) mass is 543 g/mol. The third-order valence-corrected chi connectivity index (χ3v) is 6.79. The first-order valence-corrected chi connectivity index (χ1v) is 12.0. The summed E-state index contributed by atoms with van der Waals surface area (Å²) < 4.78 is 124. The van der Waals surface area contributed by atoms with Crippen molar-refractivity contribution in [3.63, 3.8) is 0 Å². The number of rotatable bonds is 7. The van der Waals surface area contributed by atoms with Crippen LogP contribution in [-0.4, -0.2) is 54.5 Å². The third-order valence-electron chi connectivity index (χ3n) is 5.63. The lowest BCUT2D eigenvalue weighted by Gasteiger charge is -2.31. The fraction of sp³-hybridized carbons (Fsp3) is 0.381. The molecule has 2 N–H and O–H groups in total. The Kier molecular flexibility index (Phi) is 7.46. The predicted octanol–water partition coefficient (Wildman–Crippen LogP) is 4.77. The van der Waals surface area contributed by atoms with Crippen LogP contribution < -0.4 is 15.0 Å². The lowest BCUT2D eigenvalue weighted by Crippen LogP contribution is -2.49. The van der Waals surface area contributed by atoms with Gasteiger partial charge in [-0.1, -0.05) is 6.07 Å². The van der Waals surface area contributed by atoms with Crippen LogP contribution in [0.2, 0.25) is 0 Å². The number of carbonyl (C=O) groups is 1. The van der Waals surface area contributed by atoms with Gasteiger partial charge in [0.2, 0.25) is 11.7 Å². The lowest BCUT2D eigenvalue weighted by molar-refractivity contribution is -0.261. The maximum absolute atomic E-state index is 14.4. The fourth-order valence-electron chi connectivity index (χ4n) is 3.82. The number of hydrogen-bond donors (Lipinski definition) is 2. The summed E-state index contributed by atoms with van der Waals surface area (Å²) in [7, 11) is -2.46. The molecule has 1 amide bonds. The van der Waals surface area contributed by atoms with Crippen molar-refractivity contribution in [2.75, 3.05) is 30.1 Å². The Morgan fingerprint density at radius 1 is 1.25 bits per heavy atom. The Bertz CT molecular complexity index is 1260. The quantitative estimate of drug-likeness (QED) is 0.492. The molecule has 1 fully saturated rings. The number of halogens is 7. The van der Waals surface area contributed by atoms with Gasteiger partial charge < -0.3 is 19.7 Å². The van der Waals surface area contributed by atoms with Crippen LogP contribution in [0, 0.1) is 16.4 Å². The number of nitrogens with one attached hydrogen (secondary N) is 2. The first kappa shape index (κ1) is 27.5. The zero-order chi connectivity index (χ0) is 27.1. The van der Waals surface area contributed by atoms with Crippen molar-refractivity contribution in [1.82, 2.24) is 0 Å². The fourth-order valence-corrected chi connectivity index (χ4v) is 4.51. The van der Waals surface area contributed by atoms with Crippen molar-refractivity contribution in [2.24, 2.45) is 0 Å². The van der Waals surface area contributed by atoms with E-state index in [0.717, 1.165) is 13.4 Å². The molecule has 0 radical (unpaired) electrons. The van der Waals surface area contributed by atoms with Crippen molar-refractivity contribution < 1.29 is 49.2 Å². The Morgan fingerprint density at radius 2 is 1.92 bits per heavy atom. The number of methoxy groups -OCH3 is 1. The maximum Gasteiger partial charge on any atom is 0.419 e. The van der Waals surface area contributed by atoms with E-state index in [1.165, 1.54) is 24.3 Å². The second kappa shape index (κ2) is 9.76. The maximum atomic E-state index is 14.4. The van der Waals surface area contributed by atoms with Gasteiger partial charge in [0.25, 0.3) is 0 Å². The highest BCUT2D eigenvalue weighted by Gasteiger charge is 2.63. The summed E-state index contributed by atoms with van der Waals surface area (Å²) >= 11 is 0. The normalized spacial score (nSPS) is 21.9. The summed E-state index contributed by atoms with van der Waals surface area (Å²) in [5, 5.41) is 2.33. The second-order valence-electron chi connectivity index (χ2n) is 7.99. The molecule has 0 saturated carbocycles. The number of benzene rings is 2. The molecule has 1 unspecified atom stereocenters. The van der Waals surface area contributed by atoms with Crippen LogP contribution in [0.4, 0.5) is 42.1 Å². The van der Waals surface area contributed by atoms with Crippen molar-refractivity contribution in [2.45, 2.75) is 35.7 Å². The molecule has 36 heavy (non-hydrogen) atoms. The number of amides is 1. The summed E-state index contributed by atoms with van der Waals surface area (Å²) in [6.45, 7) is -4.79. The van der Waals surface area contributed by atoms with Crippen molar-refractivity contribution >= 4 is 27.0 Å². The van der Waals surface area contributed by atoms with Crippen molar-refractivity contribution in [3.05, 3.63) is 48.0 Å². The van der Waals surface area contributed by atoms with Crippen LogP contribution in [0.1, 0.15) is 6.42 Å². The second-order valence-corrected chi connectivity index (χ2v) is 10.2. The first-order chi connectivity index (χ1) is 16.6. The molecule has 1 aliphatic rings. The molecule has 2 aromatic carbocycles. The molecule has 0 bridgehead atoms. The zero-order valence-corrected chi connectivity index (χ0v) is 19.5. The molecule has 3 rings (SSSR count). The standard InChI is InChI=1S/C21H20F7N3O4S/c1-34-20(21(26,27)28)9-15(18(32)30-11-4-3-5-12(8-11)36(2,29)33)31(10-20)14-7-6-13(22)16(23)17(14)35-19(24)25/h3-8,15,19,29H,9-10H2,1-2H3,(H,30,32)/t15-,20+,36?/m1/s1. The van der Waals surface area contributed by atoms with E-state index in [1.807, 2.05) is 0 Å². The largest absolute Gasteiger partial charge is 0.429 e. The molecule has 2 aromatic rings. The Hall–Kier alpha value is -3.07.